The molecule has 1 aliphatic carbocycles. The Morgan fingerprint density at radius 1 is 0.895 bits per heavy atom. The summed E-state index contributed by atoms with van der Waals surface area (Å²) in [6.07, 6.45) is 16.4. The van der Waals surface area contributed by atoms with E-state index in [4.69, 9.17) is 0 Å². The van der Waals surface area contributed by atoms with Gasteiger partial charge in [-0.25, -0.2) is 0 Å². The van der Waals surface area contributed by atoms with Crippen LogP contribution in [-0.2, 0) is 0 Å². The number of rotatable bonds is 7. The molecular weight excluding hydrogens is 228 g/mol. The highest BCUT2D eigenvalue weighted by atomic mass is 14.2. The molecule has 0 amide bonds. The van der Waals surface area contributed by atoms with Gasteiger partial charge in [-0.3, -0.25) is 0 Å². The molecule has 0 N–H and O–H groups in total. The summed E-state index contributed by atoms with van der Waals surface area (Å²) in [7, 11) is 0. The Morgan fingerprint density at radius 3 is 1.95 bits per heavy atom. The van der Waals surface area contributed by atoms with Gasteiger partial charge in [0, 0.05) is 0 Å². The first-order valence-corrected chi connectivity index (χ1v) is 8.86. The van der Waals surface area contributed by atoms with Gasteiger partial charge in [-0.05, 0) is 18.3 Å². The first-order chi connectivity index (χ1) is 9.36. The molecule has 1 rings (SSSR count). The normalized spacial score (nSPS) is 16.6. The van der Waals surface area contributed by atoms with Crippen molar-refractivity contribution in [3.05, 3.63) is 13.2 Å². The average molecular weight is 269 g/mol. The van der Waals surface area contributed by atoms with Gasteiger partial charge < -0.3 is 0 Å². The predicted molar refractivity (Wildman–Crippen MR) is 91.7 cm³/mol. The Balaban J connectivity index is 0. The molecule has 0 aromatic heterocycles. The van der Waals surface area contributed by atoms with Crippen molar-refractivity contribution in [2.45, 2.75) is 98.3 Å². The molecule has 1 aliphatic rings. The third kappa shape index (κ3) is 12.5. The summed E-state index contributed by atoms with van der Waals surface area (Å²) in [5.74, 6) is 2.14. The third-order valence-electron chi connectivity index (χ3n) is 4.05. The molecule has 0 saturated heterocycles. The molecule has 0 heteroatoms. The first-order valence-electron chi connectivity index (χ1n) is 8.86. The van der Waals surface area contributed by atoms with Crippen molar-refractivity contribution in [2.24, 2.45) is 11.8 Å². The van der Waals surface area contributed by atoms with Crippen molar-refractivity contribution in [3.8, 4) is 0 Å². The van der Waals surface area contributed by atoms with Gasteiger partial charge in [0.25, 0.3) is 0 Å². The molecule has 1 atom stereocenters. The third-order valence-corrected chi connectivity index (χ3v) is 4.05. The summed E-state index contributed by atoms with van der Waals surface area (Å²) >= 11 is 0. The van der Waals surface area contributed by atoms with Crippen LogP contribution in [0.25, 0.3) is 0 Å². The van der Waals surface area contributed by atoms with E-state index in [1.54, 1.807) is 6.42 Å². The predicted octanol–water partition coefficient (Wildman–Crippen LogP) is 7.39. The minimum absolute atomic E-state index is 1.05. The zero-order valence-corrected chi connectivity index (χ0v) is 14.3. The van der Waals surface area contributed by atoms with Crippen LogP contribution in [0, 0.1) is 11.8 Å². The molecule has 0 aliphatic heterocycles. The molecule has 1 fully saturated rings. The second-order valence-corrected chi connectivity index (χ2v) is 5.54. The van der Waals surface area contributed by atoms with E-state index in [2.05, 4.69) is 27.0 Å². The minimum Gasteiger partial charge on any atom is -0.106 e. The summed E-state index contributed by atoms with van der Waals surface area (Å²) in [4.78, 5) is 0. The molecule has 0 radical (unpaired) electrons. The van der Waals surface area contributed by atoms with Crippen molar-refractivity contribution in [2.75, 3.05) is 0 Å². The van der Waals surface area contributed by atoms with Crippen LogP contribution in [0.3, 0.4) is 0 Å². The molecule has 0 bridgehead atoms. The van der Waals surface area contributed by atoms with Crippen molar-refractivity contribution in [1.82, 2.24) is 0 Å². The van der Waals surface area contributed by atoms with Crippen molar-refractivity contribution >= 4 is 0 Å². The van der Waals surface area contributed by atoms with Gasteiger partial charge in [-0.15, -0.1) is 13.2 Å². The van der Waals surface area contributed by atoms with E-state index in [0.717, 1.165) is 11.8 Å². The second-order valence-electron chi connectivity index (χ2n) is 5.54. The summed E-state index contributed by atoms with van der Waals surface area (Å²) < 4.78 is 0. The summed E-state index contributed by atoms with van der Waals surface area (Å²) in [6, 6.07) is 0. The summed E-state index contributed by atoms with van der Waals surface area (Å²) in [5.41, 5.74) is 0. The van der Waals surface area contributed by atoms with Gasteiger partial charge in [0.2, 0.25) is 0 Å². The average Bonchev–Trinajstić information content (AvgIpc) is 2.50. The monoisotopic (exact) mass is 268 g/mol. The van der Waals surface area contributed by atoms with Crippen LogP contribution < -0.4 is 0 Å². The Bertz CT molecular complexity index is 144. The van der Waals surface area contributed by atoms with Gasteiger partial charge >= 0.3 is 0 Å². The minimum atomic E-state index is 1.05. The molecule has 1 saturated carbocycles. The van der Waals surface area contributed by atoms with Crippen LogP contribution in [0.1, 0.15) is 98.3 Å². The van der Waals surface area contributed by atoms with E-state index in [1.165, 1.54) is 64.2 Å². The van der Waals surface area contributed by atoms with Crippen LogP contribution in [0.2, 0.25) is 0 Å². The fraction of sp³-hybridized carbons (Fsp3) is 0.895. The smallest absolute Gasteiger partial charge is 0.0412 e. The van der Waals surface area contributed by atoms with Crippen LogP contribution in [0.5, 0.6) is 0 Å². The van der Waals surface area contributed by atoms with Crippen LogP contribution in [0.15, 0.2) is 13.2 Å². The van der Waals surface area contributed by atoms with E-state index < -0.39 is 0 Å². The number of hydrogen-bond acceptors (Lipinski definition) is 0. The lowest BCUT2D eigenvalue weighted by molar-refractivity contribution is 0.266. The molecule has 116 valence electrons. The van der Waals surface area contributed by atoms with Crippen LogP contribution in [0.4, 0.5) is 0 Å². The zero-order chi connectivity index (χ0) is 14.9. The first kappa shape index (κ1) is 21.0. The maximum absolute atomic E-state index is 3.00. The lowest BCUT2D eigenvalue weighted by Gasteiger charge is -2.26. The van der Waals surface area contributed by atoms with E-state index >= 15 is 0 Å². The zero-order valence-electron chi connectivity index (χ0n) is 14.3. The lowest BCUT2D eigenvalue weighted by atomic mass is 9.80. The van der Waals surface area contributed by atoms with Gasteiger partial charge in [-0.1, -0.05) is 91.9 Å². The van der Waals surface area contributed by atoms with Gasteiger partial charge in [-0.2, -0.15) is 0 Å². The highest BCUT2D eigenvalue weighted by Gasteiger charge is 2.17. The fourth-order valence-corrected chi connectivity index (χ4v) is 3.18. The molecule has 0 nitrogen and oxygen atoms in total. The van der Waals surface area contributed by atoms with Crippen molar-refractivity contribution < 1.29 is 0 Å². The van der Waals surface area contributed by atoms with Gasteiger partial charge in [0.05, 0.1) is 0 Å². The van der Waals surface area contributed by atoms with Crippen LogP contribution >= 0.6 is 0 Å². The fourth-order valence-electron chi connectivity index (χ4n) is 3.18. The Kier molecular flexibility index (Phi) is 19.7. The topological polar surface area (TPSA) is 0 Å². The van der Waals surface area contributed by atoms with Crippen LogP contribution in [-0.4, -0.2) is 0 Å². The van der Waals surface area contributed by atoms with Crippen molar-refractivity contribution in [3.63, 3.8) is 0 Å². The molecule has 1 unspecified atom stereocenters. The molecule has 0 aromatic carbocycles. The largest absolute Gasteiger partial charge is 0.106 e. The highest BCUT2D eigenvalue weighted by molar-refractivity contribution is 4.70. The number of unbranched alkanes of at least 4 members (excludes halogenated alkanes) is 1. The Hall–Kier alpha value is -0.260. The maximum atomic E-state index is 3.00. The molecule has 0 spiro atoms. The quantitative estimate of drug-likeness (QED) is 0.422. The highest BCUT2D eigenvalue weighted by Crippen LogP contribution is 2.32. The summed E-state index contributed by atoms with van der Waals surface area (Å²) in [5, 5.41) is 0. The lowest BCUT2D eigenvalue weighted by Crippen LogP contribution is -2.12. The SMILES string of the molecule is C=C.CC.CCCCC(CCC)CC1CCCCC1. The molecule has 0 aromatic rings. The molecule has 19 heavy (non-hydrogen) atoms. The van der Waals surface area contributed by atoms with Gasteiger partial charge in [0.15, 0.2) is 0 Å². The van der Waals surface area contributed by atoms with E-state index in [9.17, 15) is 0 Å². The molecular formula is C19H40. The maximum Gasteiger partial charge on any atom is -0.0412 e. The standard InChI is InChI=1S/C15H30.C2H6.C2H4/c1-3-5-10-14(9-4-2)13-15-11-7-6-8-12-15;2*1-2/h14-15H,3-13H2,1-2H3;1-2H3;1-2H2. The second kappa shape index (κ2) is 17.7. The van der Waals surface area contributed by atoms with Gasteiger partial charge in [0.1, 0.15) is 0 Å². The van der Waals surface area contributed by atoms with Crippen molar-refractivity contribution in [1.29, 1.82) is 0 Å². The van der Waals surface area contributed by atoms with E-state index in [0.29, 0.717) is 0 Å². The van der Waals surface area contributed by atoms with E-state index in [-0.39, 0.29) is 0 Å². The summed E-state index contributed by atoms with van der Waals surface area (Å²) in [6.45, 7) is 14.7. The Labute approximate surface area is 124 Å². The molecule has 0 heterocycles. The van der Waals surface area contributed by atoms with E-state index in [1.807, 2.05) is 13.8 Å². The Morgan fingerprint density at radius 2 is 1.47 bits per heavy atom. The number of hydrogen-bond donors (Lipinski definition) is 0.